The van der Waals surface area contributed by atoms with Gasteiger partial charge >= 0.3 is 0 Å². The fourth-order valence-electron chi connectivity index (χ4n) is 1.38. The van der Waals surface area contributed by atoms with Crippen molar-refractivity contribution >= 4 is 0 Å². The van der Waals surface area contributed by atoms with Crippen LogP contribution in [0.4, 0.5) is 0 Å². The second-order valence-electron chi connectivity index (χ2n) is 2.98. The number of nitrogens with zero attached hydrogens (tertiary/aromatic N) is 1. The standard InChI is InChI=1S/C10H13NO4/c1-14-10(15-2)9(11(12)13)8-6-4-3-5-7-8/h3-7,9-10H,1-2H3. The van der Waals surface area contributed by atoms with Gasteiger partial charge in [-0.1, -0.05) is 30.3 Å². The van der Waals surface area contributed by atoms with Gasteiger partial charge in [-0.05, 0) is 0 Å². The van der Waals surface area contributed by atoms with Gasteiger partial charge in [0.2, 0.25) is 6.29 Å². The first-order valence-corrected chi connectivity index (χ1v) is 4.44. The Balaban J connectivity index is 2.97. The summed E-state index contributed by atoms with van der Waals surface area (Å²) in [6.45, 7) is 0. The quantitative estimate of drug-likeness (QED) is 0.422. The van der Waals surface area contributed by atoms with Crippen LogP contribution in [0.2, 0.25) is 0 Å². The summed E-state index contributed by atoms with van der Waals surface area (Å²) in [5, 5.41) is 10.9. The van der Waals surface area contributed by atoms with E-state index in [0.717, 1.165) is 0 Å². The third-order valence-corrected chi connectivity index (χ3v) is 2.09. The molecule has 0 spiro atoms. The maximum atomic E-state index is 10.9. The topological polar surface area (TPSA) is 61.6 Å². The van der Waals surface area contributed by atoms with Gasteiger partial charge < -0.3 is 9.47 Å². The molecule has 0 N–H and O–H groups in total. The van der Waals surface area contributed by atoms with Crippen molar-refractivity contribution in [2.75, 3.05) is 14.2 Å². The van der Waals surface area contributed by atoms with Crippen molar-refractivity contribution in [3.05, 3.63) is 46.0 Å². The molecular formula is C10H13NO4. The van der Waals surface area contributed by atoms with Crippen molar-refractivity contribution < 1.29 is 14.4 Å². The summed E-state index contributed by atoms with van der Waals surface area (Å²) >= 11 is 0. The maximum absolute atomic E-state index is 10.9. The molecule has 1 unspecified atom stereocenters. The first-order chi connectivity index (χ1) is 7.20. The summed E-state index contributed by atoms with van der Waals surface area (Å²) in [5.41, 5.74) is 0.566. The number of rotatable bonds is 5. The molecule has 0 amide bonds. The average Bonchev–Trinajstić information content (AvgIpc) is 2.26. The smallest absolute Gasteiger partial charge is 0.288 e. The van der Waals surface area contributed by atoms with Crippen LogP contribution in [0, 0.1) is 10.1 Å². The summed E-state index contributed by atoms with van der Waals surface area (Å²) < 4.78 is 9.83. The highest BCUT2D eigenvalue weighted by Gasteiger charge is 2.33. The highest BCUT2D eigenvalue weighted by atomic mass is 16.7. The van der Waals surface area contributed by atoms with Crippen LogP contribution < -0.4 is 0 Å². The molecule has 0 saturated carbocycles. The van der Waals surface area contributed by atoms with Crippen LogP contribution in [0.25, 0.3) is 0 Å². The Bertz CT molecular complexity index is 310. The molecule has 0 aromatic heterocycles. The summed E-state index contributed by atoms with van der Waals surface area (Å²) in [7, 11) is 2.77. The average molecular weight is 211 g/mol. The number of methoxy groups -OCH3 is 2. The zero-order valence-electron chi connectivity index (χ0n) is 8.62. The predicted octanol–water partition coefficient (Wildman–Crippen LogP) is 1.62. The number of hydrogen-bond acceptors (Lipinski definition) is 4. The van der Waals surface area contributed by atoms with Crippen LogP contribution in [0.1, 0.15) is 11.6 Å². The molecule has 1 rings (SSSR count). The van der Waals surface area contributed by atoms with E-state index in [0.29, 0.717) is 5.56 Å². The van der Waals surface area contributed by atoms with Gasteiger partial charge in [-0.3, -0.25) is 10.1 Å². The number of benzene rings is 1. The normalized spacial score (nSPS) is 12.7. The molecule has 5 nitrogen and oxygen atoms in total. The Kier molecular flexibility index (Phi) is 4.20. The molecule has 0 aliphatic heterocycles. The molecule has 0 aliphatic carbocycles. The summed E-state index contributed by atoms with van der Waals surface area (Å²) in [6.07, 6.45) is -0.873. The van der Waals surface area contributed by atoms with E-state index in [1.165, 1.54) is 14.2 Å². The summed E-state index contributed by atoms with van der Waals surface area (Å²) in [4.78, 5) is 10.5. The molecule has 5 heteroatoms. The van der Waals surface area contributed by atoms with E-state index in [9.17, 15) is 10.1 Å². The van der Waals surface area contributed by atoms with Crippen LogP contribution in [0.3, 0.4) is 0 Å². The van der Waals surface area contributed by atoms with Crippen LogP contribution >= 0.6 is 0 Å². The Hall–Kier alpha value is -1.46. The van der Waals surface area contributed by atoms with Gasteiger partial charge in [0.15, 0.2) is 0 Å². The molecular weight excluding hydrogens is 198 g/mol. The van der Waals surface area contributed by atoms with E-state index >= 15 is 0 Å². The van der Waals surface area contributed by atoms with Gasteiger partial charge in [0.05, 0.1) is 0 Å². The third-order valence-electron chi connectivity index (χ3n) is 2.09. The molecule has 1 atom stereocenters. The van der Waals surface area contributed by atoms with E-state index in [4.69, 9.17) is 9.47 Å². The second-order valence-corrected chi connectivity index (χ2v) is 2.98. The van der Waals surface area contributed by atoms with Gasteiger partial charge in [0.1, 0.15) is 0 Å². The molecule has 1 aromatic carbocycles. The van der Waals surface area contributed by atoms with Gasteiger partial charge in [-0.2, -0.15) is 0 Å². The fraction of sp³-hybridized carbons (Fsp3) is 0.400. The first-order valence-electron chi connectivity index (χ1n) is 4.44. The monoisotopic (exact) mass is 211 g/mol. The second kappa shape index (κ2) is 5.43. The molecule has 15 heavy (non-hydrogen) atoms. The zero-order chi connectivity index (χ0) is 11.3. The van der Waals surface area contributed by atoms with Gasteiger partial charge in [-0.25, -0.2) is 0 Å². The van der Waals surface area contributed by atoms with Crippen LogP contribution in [-0.4, -0.2) is 25.4 Å². The van der Waals surface area contributed by atoms with Gasteiger partial charge in [0.25, 0.3) is 6.04 Å². The fourth-order valence-corrected chi connectivity index (χ4v) is 1.38. The Morgan fingerprint density at radius 3 is 2.13 bits per heavy atom. The molecule has 0 fully saturated rings. The van der Waals surface area contributed by atoms with Crippen LogP contribution in [0.15, 0.2) is 30.3 Å². The van der Waals surface area contributed by atoms with Crippen molar-refractivity contribution in [3.63, 3.8) is 0 Å². The minimum absolute atomic E-state index is 0.410. The highest BCUT2D eigenvalue weighted by Crippen LogP contribution is 2.22. The molecule has 0 aliphatic rings. The predicted molar refractivity (Wildman–Crippen MR) is 54.0 cm³/mol. The number of ether oxygens (including phenoxy) is 2. The molecule has 1 aromatic rings. The largest absolute Gasteiger partial charge is 0.350 e. The lowest BCUT2D eigenvalue weighted by Crippen LogP contribution is -2.28. The SMILES string of the molecule is COC(OC)C(c1ccccc1)[N+](=O)[O-]. The first kappa shape index (κ1) is 11.6. The Labute approximate surface area is 87.8 Å². The van der Waals surface area contributed by atoms with E-state index in [1.54, 1.807) is 30.3 Å². The van der Waals surface area contributed by atoms with Crippen molar-refractivity contribution in [1.82, 2.24) is 0 Å². The van der Waals surface area contributed by atoms with Crippen LogP contribution in [-0.2, 0) is 9.47 Å². The van der Waals surface area contributed by atoms with E-state index in [-0.39, 0.29) is 0 Å². The molecule has 0 bridgehead atoms. The minimum atomic E-state index is -0.999. The van der Waals surface area contributed by atoms with Crippen molar-refractivity contribution in [1.29, 1.82) is 0 Å². The maximum Gasteiger partial charge on any atom is 0.288 e. The Morgan fingerprint density at radius 2 is 1.73 bits per heavy atom. The highest BCUT2D eigenvalue weighted by molar-refractivity contribution is 5.17. The lowest BCUT2D eigenvalue weighted by molar-refractivity contribution is -0.555. The summed E-state index contributed by atoms with van der Waals surface area (Å²) in [5.74, 6) is 0. The van der Waals surface area contributed by atoms with E-state index < -0.39 is 17.3 Å². The lowest BCUT2D eigenvalue weighted by atomic mass is 10.1. The lowest BCUT2D eigenvalue weighted by Gasteiger charge is -2.17. The minimum Gasteiger partial charge on any atom is -0.350 e. The van der Waals surface area contributed by atoms with Crippen molar-refractivity contribution in [2.24, 2.45) is 0 Å². The molecule has 0 radical (unpaired) electrons. The van der Waals surface area contributed by atoms with Crippen LogP contribution in [0.5, 0.6) is 0 Å². The van der Waals surface area contributed by atoms with Crippen molar-refractivity contribution in [2.45, 2.75) is 12.3 Å². The van der Waals surface area contributed by atoms with Gasteiger partial charge in [0, 0.05) is 24.7 Å². The third kappa shape index (κ3) is 2.74. The van der Waals surface area contributed by atoms with E-state index in [2.05, 4.69) is 0 Å². The number of nitro groups is 1. The van der Waals surface area contributed by atoms with Crippen molar-refractivity contribution in [3.8, 4) is 0 Å². The molecule has 0 saturated heterocycles. The zero-order valence-corrected chi connectivity index (χ0v) is 8.62. The van der Waals surface area contributed by atoms with E-state index in [1.807, 2.05) is 0 Å². The summed E-state index contributed by atoms with van der Waals surface area (Å²) in [6, 6.07) is 7.65. The molecule has 0 heterocycles. The molecule has 82 valence electrons. The Morgan fingerprint density at radius 1 is 1.20 bits per heavy atom. The number of hydrogen-bond donors (Lipinski definition) is 0. The van der Waals surface area contributed by atoms with Gasteiger partial charge in [-0.15, -0.1) is 0 Å².